The summed E-state index contributed by atoms with van der Waals surface area (Å²) in [5.74, 6) is 1.45. The van der Waals surface area contributed by atoms with Crippen LogP contribution >= 0.6 is 0 Å². The molecule has 4 aromatic rings. The lowest BCUT2D eigenvalue weighted by molar-refractivity contribution is 0.0526. The number of anilines is 2. The van der Waals surface area contributed by atoms with Gasteiger partial charge in [-0.1, -0.05) is 54.6 Å². The standard InChI is InChI=1S/C27H27N5O2/c1-2-34-27(33)21-12-13-25(28-19-21)31-14-16-32(17-15-31)26-23-11-7-6-10-22(23)24(29-30-26)18-20-8-4-3-5-9-20/h3-13,19H,2,14-18H2,1H3. The number of carbonyl (C=O) groups is 1. The van der Waals surface area contributed by atoms with Gasteiger partial charge in [0.05, 0.1) is 17.9 Å². The van der Waals surface area contributed by atoms with Crippen molar-refractivity contribution in [2.75, 3.05) is 42.6 Å². The highest BCUT2D eigenvalue weighted by Crippen LogP contribution is 2.28. The quantitative estimate of drug-likeness (QED) is 0.407. The molecule has 0 amide bonds. The van der Waals surface area contributed by atoms with E-state index in [4.69, 9.17) is 4.74 Å². The van der Waals surface area contributed by atoms with E-state index in [0.717, 1.165) is 60.7 Å². The molecule has 0 atom stereocenters. The summed E-state index contributed by atoms with van der Waals surface area (Å²) in [6.07, 6.45) is 2.35. The van der Waals surface area contributed by atoms with Crippen LogP contribution in [0.4, 0.5) is 11.6 Å². The van der Waals surface area contributed by atoms with Gasteiger partial charge in [-0.05, 0) is 24.6 Å². The first-order valence-electron chi connectivity index (χ1n) is 11.6. The zero-order valence-electron chi connectivity index (χ0n) is 19.2. The van der Waals surface area contributed by atoms with Gasteiger partial charge < -0.3 is 14.5 Å². The molecule has 0 spiro atoms. The molecule has 0 radical (unpaired) electrons. The van der Waals surface area contributed by atoms with E-state index < -0.39 is 0 Å². The maximum absolute atomic E-state index is 11.9. The molecule has 1 aliphatic rings. The lowest BCUT2D eigenvalue weighted by Crippen LogP contribution is -2.47. The number of fused-ring (bicyclic) bond motifs is 1. The molecule has 0 bridgehead atoms. The normalized spacial score (nSPS) is 13.8. The Morgan fingerprint density at radius 3 is 2.26 bits per heavy atom. The van der Waals surface area contributed by atoms with Crippen LogP contribution in [0.5, 0.6) is 0 Å². The number of rotatable bonds is 6. The average Bonchev–Trinajstić information content (AvgIpc) is 2.90. The minimum Gasteiger partial charge on any atom is -0.462 e. The molecular weight excluding hydrogens is 426 g/mol. The number of carbonyl (C=O) groups excluding carboxylic acids is 1. The number of piperazine rings is 1. The van der Waals surface area contributed by atoms with Crippen LogP contribution < -0.4 is 9.80 Å². The van der Waals surface area contributed by atoms with Crippen molar-refractivity contribution in [1.82, 2.24) is 15.2 Å². The van der Waals surface area contributed by atoms with Gasteiger partial charge in [0.15, 0.2) is 5.82 Å². The molecule has 0 saturated carbocycles. The van der Waals surface area contributed by atoms with Crippen LogP contribution in [0.2, 0.25) is 0 Å². The van der Waals surface area contributed by atoms with Gasteiger partial charge in [0, 0.05) is 49.6 Å². The van der Waals surface area contributed by atoms with Crippen LogP contribution in [0, 0.1) is 0 Å². The lowest BCUT2D eigenvalue weighted by Gasteiger charge is -2.36. The van der Waals surface area contributed by atoms with E-state index in [1.54, 1.807) is 19.2 Å². The van der Waals surface area contributed by atoms with E-state index in [1.807, 2.05) is 12.1 Å². The van der Waals surface area contributed by atoms with E-state index >= 15 is 0 Å². The van der Waals surface area contributed by atoms with Crippen molar-refractivity contribution in [1.29, 1.82) is 0 Å². The molecule has 0 N–H and O–H groups in total. The van der Waals surface area contributed by atoms with Crippen LogP contribution in [0.3, 0.4) is 0 Å². The zero-order chi connectivity index (χ0) is 23.3. The number of benzene rings is 2. The molecule has 5 rings (SSSR count). The monoisotopic (exact) mass is 453 g/mol. The van der Waals surface area contributed by atoms with Crippen molar-refractivity contribution >= 4 is 28.4 Å². The third-order valence-electron chi connectivity index (χ3n) is 6.12. The fourth-order valence-corrected chi connectivity index (χ4v) is 4.35. The molecule has 0 aliphatic carbocycles. The number of esters is 1. The summed E-state index contributed by atoms with van der Waals surface area (Å²) in [7, 11) is 0. The molecule has 2 aromatic carbocycles. The van der Waals surface area contributed by atoms with Gasteiger partial charge in [-0.15, -0.1) is 5.10 Å². The lowest BCUT2D eigenvalue weighted by atomic mass is 10.0. The van der Waals surface area contributed by atoms with Crippen molar-refractivity contribution in [2.24, 2.45) is 0 Å². The molecular formula is C27H27N5O2. The Kier molecular flexibility index (Phi) is 6.33. The van der Waals surface area contributed by atoms with Crippen LogP contribution in [0.1, 0.15) is 28.5 Å². The van der Waals surface area contributed by atoms with Gasteiger partial charge in [0.25, 0.3) is 0 Å². The summed E-state index contributed by atoms with van der Waals surface area (Å²) in [4.78, 5) is 20.9. The van der Waals surface area contributed by atoms with Crippen molar-refractivity contribution < 1.29 is 9.53 Å². The van der Waals surface area contributed by atoms with Crippen molar-refractivity contribution in [2.45, 2.75) is 13.3 Å². The van der Waals surface area contributed by atoms with Gasteiger partial charge in [-0.3, -0.25) is 0 Å². The van der Waals surface area contributed by atoms with Gasteiger partial charge >= 0.3 is 5.97 Å². The highest BCUT2D eigenvalue weighted by atomic mass is 16.5. The molecule has 7 heteroatoms. The molecule has 2 aromatic heterocycles. The molecule has 1 fully saturated rings. The Hall–Kier alpha value is -4.00. The minimum absolute atomic E-state index is 0.340. The molecule has 1 saturated heterocycles. The van der Waals surface area contributed by atoms with Crippen molar-refractivity contribution in [3.8, 4) is 0 Å². The van der Waals surface area contributed by atoms with Crippen LogP contribution in [0.25, 0.3) is 10.8 Å². The Balaban J connectivity index is 1.31. The number of hydrogen-bond acceptors (Lipinski definition) is 7. The fourth-order valence-electron chi connectivity index (χ4n) is 4.35. The molecule has 0 unspecified atom stereocenters. The molecule has 34 heavy (non-hydrogen) atoms. The summed E-state index contributed by atoms with van der Waals surface area (Å²) in [6, 6.07) is 22.4. The number of ether oxygens (including phenoxy) is 1. The van der Waals surface area contributed by atoms with Gasteiger partial charge in [0.2, 0.25) is 0 Å². The summed E-state index contributed by atoms with van der Waals surface area (Å²) >= 11 is 0. The molecule has 3 heterocycles. The fraction of sp³-hybridized carbons (Fsp3) is 0.259. The van der Waals surface area contributed by atoms with Crippen LogP contribution in [-0.2, 0) is 11.2 Å². The van der Waals surface area contributed by atoms with E-state index in [1.165, 1.54) is 5.56 Å². The third-order valence-corrected chi connectivity index (χ3v) is 6.12. The first-order valence-corrected chi connectivity index (χ1v) is 11.6. The van der Waals surface area contributed by atoms with Gasteiger partial charge in [0.1, 0.15) is 5.82 Å². The number of nitrogens with zero attached hydrogens (tertiary/aromatic N) is 5. The Morgan fingerprint density at radius 1 is 0.853 bits per heavy atom. The summed E-state index contributed by atoms with van der Waals surface area (Å²) < 4.78 is 5.04. The predicted molar refractivity (Wildman–Crippen MR) is 133 cm³/mol. The smallest absolute Gasteiger partial charge is 0.339 e. The Bertz CT molecular complexity index is 1270. The topological polar surface area (TPSA) is 71.5 Å². The van der Waals surface area contributed by atoms with Crippen molar-refractivity contribution in [3.05, 3.63) is 89.7 Å². The number of pyridine rings is 1. The predicted octanol–water partition coefficient (Wildman–Crippen LogP) is 4.12. The Morgan fingerprint density at radius 2 is 1.56 bits per heavy atom. The molecule has 1 aliphatic heterocycles. The second-order valence-corrected chi connectivity index (χ2v) is 8.28. The SMILES string of the molecule is CCOC(=O)c1ccc(N2CCN(c3nnc(Cc4ccccc4)c4ccccc34)CC2)nc1. The highest BCUT2D eigenvalue weighted by molar-refractivity contribution is 5.93. The summed E-state index contributed by atoms with van der Waals surface area (Å²) in [6.45, 7) is 5.41. The minimum atomic E-state index is -0.340. The maximum Gasteiger partial charge on any atom is 0.339 e. The number of hydrogen-bond donors (Lipinski definition) is 0. The largest absolute Gasteiger partial charge is 0.462 e. The van der Waals surface area contributed by atoms with E-state index in [0.29, 0.717) is 12.2 Å². The molecule has 172 valence electrons. The first-order chi connectivity index (χ1) is 16.7. The summed E-state index contributed by atoms with van der Waals surface area (Å²) in [5, 5.41) is 11.6. The number of aromatic nitrogens is 3. The summed E-state index contributed by atoms with van der Waals surface area (Å²) in [5.41, 5.74) is 2.70. The third kappa shape index (κ3) is 4.55. The van der Waals surface area contributed by atoms with Crippen LogP contribution in [0.15, 0.2) is 72.9 Å². The van der Waals surface area contributed by atoms with E-state index in [9.17, 15) is 4.79 Å². The Labute approximate surface area is 199 Å². The van der Waals surface area contributed by atoms with Crippen LogP contribution in [-0.4, -0.2) is 53.9 Å². The van der Waals surface area contributed by atoms with Gasteiger partial charge in [-0.25, -0.2) is 9.78 Å². The first kappa shape index (κ1) is 21.8. The van der Waals surface area contributed by atoms with Crippen molar-refractivity contribution in [3.63, 3.8) is 0 Å². The maximum atomic E-state index is 11.9. The van der Waals surface area contributed by atoms with E-state index in [2.05, 4.69) is 73.5 Å². The van der Waals surface area contributed by atoms with Gasteiger partial charge in [-0.2, -0.15) is 5.10 Å². The zero-order valence-corrected chi connectivity index (χ0v) is 19.2. The second-order valence-electron chi connectivity index (χ2n) is 8.28. The highest BCUT2D eigenvalue weighted by Gasteiger charge is 2.22. The molecule has 7 nitrogen and oxygen atoms in total. The van der Waals surface area contributed by atoms with E-state index in [-0.39, 0.29) is 5.97 Å². The second kappa shape index (κ2) is 9.87. The average molecular weight is 454 g/mol.